The van der Waals surface area contributed by atoms with Crippen LogP contribution < -0.4 is 4.74 Å². The number of amides is 1. The summed E-state index contributed by atoms with van der Waals surface area (Å²) in [6.45, 7) is 4.42. The lowest BCUT2D eigenvalue weighted by Crippen LogP contribution is -2.36. The number of hydrogen-bond acceptors (Lipinski definition) is 3. The van der Waals surface area contributed by atoms with E-state index in [4.69, 9.17) is 4.74 Å². The Morgan fingerprint density at radius 3 is 2.41 bits per heavy atom. The highest BCUT2D eigenvalue weighted by Gasteiger charge is 2.22. The predicted molar refractivity (Wildman–Crippen MR) is 86.1 cm³/mol. The van der Waals surface area contributed by atoms with Gasteiger partial charge in [-0.25, -0.2) is 0 Å². The average Bonchev–Trinajstić information content (AvgIpc) is 2.52. The van der Waals surface area contributed by atoms with Crippen molar-refractivity contribution in [3.05, 3.63) is 59.7 Å². The molecule has 0 saturated heterocycles. The van der Waals surface area contributed by atoms with Crippen molar-refractivity contribution in [3.63, 3.8) is 0 Å². The summed E-state index contributed by atoms with van der Waals surface area (Å²) in [4.78, 5) is 14.5. The van der Waals surface area contributed by atoms with E-state index >= 15 is 0 Å². The lowest BCUT2D eigenvalue weighted by atomic mass is 10.1. The first-order valence-corrected chi connectivity index (χ1v) is 7.25. The Bertz CT molecular complexity index is 638. The Hall–Kier alpha value is -2.49. The molecule has 1 amide bonds. The largest absolute Gasteiger partial charge is 0.507 e. The first-order chi connectivity index (χ1) is 10.5. The van der Waals surface area contributed by atoms with Crippen LogP contribution in [0.15, 0.2) is 48.5 Å². The van der Waals surface area contributed by atoms with Gasteiger partial charge in [0, 0.05) is 18.7 Å². The third kappa shape index (κ3) is 3.58. The van der Waals surface area contributed by atoms with Crippen LogP contribution in [0.3, 0.4) is 0 Å². The molecule has 0 saturated carbocycles. The first kappa shape index (κ1) is 15.9. The molecule has 1 N–H and O–H groups in total. The van der Waals surface area contributed by atoms with Crippen LogP contribution in [0.5, 0.6) is 11.5 Å². The van der Waals surface area contributed by atoms with Gasteiger partial charge in [-0.1, -0.05) is 30.3 Å². The number of ether oxygens (including phenoxy) is 1. The fourth-order valence-electron chi connectivity index (χ4n) is 2.24. The SMILES string of the molecule is COc1ccc(C(=O)N(Cc2ccccc2)C(C)C)c(O)c1. The van der Waals surface area contributed by atoms with Gasteiger partial charge in [0.2, 0.25) is 0 Å². The average molecular weight is 299 g/mol. The Balaban J connectivity index is 2.27. The van der Waals surface area contributed by atoms with Gasteiger partial charge in [-0.15, -0.1) is 0 Å². The van der Waals surface area contributed by atoms with Gasteiger partial charge in [-0.2, -0.15) is 0 Å². The summed E-state index contributed by atoms with van der Waals surface area (Å²) >= 11 is 0. The number of methoxy groups -OCH3 is 1. The van der Waals surface area contributed by atoms with E-state index < -0.39 is 0 Å². The summed E-state index contributed by atoms with van der Waals surface area (Å²) in [6.07, 6.45) is 0. The summed E-state index contributed by atoms with van der Waals surface area (Å²) in [5, 5.41) is 10.1. The number of carbonyl (C=O) groups is 1. The van der Waals surface area contributed by atoms with Crippen LogP contribution in [-0.2, 0) is 6.54 Å². The van der Waals surface area contributed by atoms with Crippen molar-refractivity contribution >= 4 is 5.91 Å². The fraction of sp³-hybridized carbons (Fsp3) is 0.278. The number of benzene rings is 2. The maximum atomic E-state index is 12.7. The predicted octanol–water partition coefficient (Wildman–Crippen LogP) is 3.45. The molecule has 0 fully saturated rings. The summed E-state index contributed by atoms with van der Waals surface area (Å²) in [7, 11) is 1.52. The normalized spacial score (nSPS) is 10.5. The van der Waals surface area contributed by atoms with Crippen molar-refractivity contribution < 1.29 is 14.6 Å². The van der Waals surface area contributed by atoms with Crippen molar-refractivity contribution in [2.45, 2.75) is 26.4 Å². The molecule has 0 radical (unpaired) electrons. The monoisotopic (exact) mass is 299 g/mol. The molecule has 2 aromatic rings. The summed E-state index contributed by atoms with van der Waals surface area (Å²) in [5.41, 5.74) is 1.34. The van der Waals surface area contributed by atoms with Crippen LogP contribution in [-0.4, -0.2) is 29.1 Å². The molecule has 0 aromatic heterocycles. The minimum atomic E-state index is -0.195. The first-order valence-electron chi connectivity index (χ1n) is 7.25. The molecule has 2 aromatic carbocycles. The number of nitrogens with zero attached hydrogens (tertiary/aromatic N) is 1. The van der Waals surface area contributed by atoms with E-state index in [1.54, 1.807) is 17.0 Å². The highest BCUT2D eigenvalue weighted by Crippen LogP contribution is 2.25. The maximum absolute atomic E-state index is 12.7. The van der Waals surface area contributed by atoms with Crippen molar-refractivity contribution in [3.8, 4) is 11.5 Å². The van der Waals surface area contributed by atoms with Crippen LogP contribution >= 0.6 is 0 Å². The van der Waals surface area contributed by atoms with Crippen LogP contribution in [0.25, 0.3) is 0 Å². The maximum Gasteiger partial charge on any atom is 0.258 e. The molecule has 4 heteroatoms. The molecule has 0 unspecified atom stereocenters. The molecule has 2 rings (SSSR count). The third-order valence-electron chi connectivity index (χ3n) is 3.52. The molecule has 0 spiro atoms. The molecule has 0 aliphatic rings. The number of aromatic hydroxyl groups is 1. The minimum absolute atomic E-state index is 0.0224. The molecule has 116 valence electrons. The molecule has 0 atom stereocenters. The van der Waals surface area contributed by atoms with Crippen molar-refractivity contribution in [1.29, 1.82) is 0 Å². The van der Waals surface area contributed by atoms with E-state index in [1.807, 2.05) is 44.2 Å². The lowest BCUT2D eigenvalue weighted by molar-refractivity contribution is 0.0687. The second kappa shape index (κ2) is 6.98. The fourth-order valence-corrected chi connectivity index (χ4v) is 2.24. The van der Waals surface area contributed by atoms with Crippen LogP contribution in [0.2, 0.25) is 0 Å². The second-order valence-electron chi connectivity index (χ2n) is 5.40. The molecule has 0 aliphatic heterocycles. The van der Waals surface area contributed by atoms with Gasteiger partial charge < -0.3 is 14.7 Å². The van der Waals surface area contributed by atoms with Gasteiger partial charge in [-0.05, 0) is 31.5 Å². The topological polar surface area (TPSA) is 49.8 Å². The van der Waals surface area contributed by atoms with Crippen LogP contribution in [0.4, 0.5) is 0 Å². The van der Waals surface area contributed by atoms with E-state index in [2.05, 4.69) is 0 Å². The standard InChI is InChI=1S/C18H21NO3/c1-13(2)19(12-14-7-5-4-6-8-14)18(21)16-10-9-15(22-3)11-17(16)20/h4-11,13,20H,12H2,1-3H3. The molecule has 0 bridgehead atoms. The molecular formula is C18H21NO3. The Labute approximate surface area is 131 Å². The van der Waals surface area contributed by atoms with Gasteiger partial charge in [0.25, 0.3) is 5.91 Å². The number of rotatable bonds is 5. The van der Waals surface area contributed by atoms with E-state index in [1.165, 1.54) is 13.2 Å². The van der Waals surface area contributed by atoms with Crippen molar-refractivity contribution in [1.82, 2.24) is 4.90 Å². The molecular weight excluding hydrogens is 278 g/mol. The zero-order valence-electron chi connectivity index (χ0n) is 13.1. The molecule has 0 heterocycles. The van der Waals surface area contributed by atoms with Gasteiger partial charge >= 0.3 is 0 Å². The quantitative estimate of drug-likeness (QED) is 0.920. The second-order valence-corrected chi connectivity index (χ2v) is 5.40. The smallest absolute Gasteiger partial charge is 0.258 e. The van der Waals surface area contributed by atoms with E-state index in [0.717, 1.165) is 5.56 Å². The Morgan fingerprint density at radius 2 is 1.86 bits per heavy atom. The molecule has 4 nitrogen and oxygen atoms in total. The Kier molecular flexibility index (Phi) is 5.04. The van der Waals surface area contributed by atoms with Crippen LogP contribution in [0, 0.1) is 0 Å². The van der Waals surface area contributed by atoms with Gasteiger partial charge in [0.05, 0.1) is 12.7 Å². The highest BCUT2D eigenvalue weighted by atomic mass is 16.5. The summed E-state index contributed by atoms with van der Waals surface area (Å²) in [6, 6.07) is 14.5. The lowest BCUT2D eigenvalue weighted by Gasteiger charge is -2.27. The zero-order valence-corrected chi connectivity index (χ0v) is 13.1. The van der Waals surface area contributed by atoms with Crippen molar-refractivity contribution in [2.24, 2.45) is 0 Å². The van der Waals surface area contributed by atoms with E-state index in [9.17, 15) is 9.90 Å². The summed E-state index contributed by atoms with van der Waals surface area (Å²) in [5.74, 6) is 0.260. The third-order valence-corrected chi connectivity index (χ3v) is 3.52. The minimum Gasteiger partial charge on any atom is -0.507 e. The highest BCUT2D eigenvalue weighted by molar-refractivity contribution is 5.97. The number of hydrogen-bond donors (Lipinski definition) is 1. The molecule has 22 heavy (non-hydrogen) atoms. The molecule has 0 aliphatic carbocycles. The van der Waals surface area contributed by atoms with Gasteiger partial charge in [0.15, 0.2) is 0 Å². The van der Waals surface area contributed by atoms with E-state index in [0.29, 0.717) is 12.3 Å². The van der Waals surface area contributed by atoms with E-state index in [-0.39, 0.29) is 23.3 Å². The summed E-state index contributed by atoms with van der Waals surface area (Å²) < 4.78 is 5.05. The zero-order chi connectivity index (χ0) is 16.1. The van der Waals surface area contributed by atoms with Crippen molar-refractivity contribution in [2.75, 3.05) is 7.11 Å². The van der Waals surface area contributed by atoms with Gasteiger partial charge in [0.1, 0.15) is 11.5 Å². The Morgan fingerprint density at radius 1 is 1.18 bits per heavy atom. The van der Waals surface area contributed by atoms with Crippen LogP contribution in [0.1, 0.15) is 29.8 Å². The number of phenolic OH excluding ortho intramolecular Hbond substituents is 1. The van der Waals surface area contributed by atoms with Gasteiger partial charge in [-0.3, -0.25) is 4.79 Å². The number of phenols is 1. The number of carbonyl (C=O) groups excluding carboxylic acids is 1.